The molecule has 0 amide bonds. The minimum Gasteiger partial charge on any atom is -0.311 e. The molecule has 15 rings (SSSR count). The molecule has 3 heteroatoms. The molecule has 0 spiro atoms. The van der Waals surface area contributed by atoms with Crippen LogP contribution in [0.4, 0.5) is 34.1 Å². The van der Waals surface area contributed by atoms with Gasteiger partial charge in [0.2, 0.25) is 0 Å². The zero-order valence-corrected chi connectivity index (χ0v) is 41.4. The van der Waals surface area contributed by atoms with Crippen LogP contribution in [0.5, 0.6) is 0 Å². The first-order chi connectivity index (χ1) is 34.9. The predicted octanol–water partition coefficient (Wildman–Crippen LogP) is 16.7. The molecule has 0 fully saturated rings. The van der Waals surface area contributed by atoms with E-state index in [1.807, 2.05) is 0 Å². The zero-order valence-electron chi connectivity index (χ0n) is 41.4. The van der Waals surface area contributed by atoms with Gasteiger partial charge in [0.15, 0.2) is 0 Å². The molecule has 0 radical (unpaired) electrons. The van der Waals surface area contributed by atoms with Gasteiger partial charge >= 0.3 is 0 Å². The first kappa shape index (κ1) is 41.4. The zero-order chi connectivity index (χ0) is 47.2. The highest BCUT2D eigenvalue weighted by molar-refractivity contribution is 7.00. The molecule has 342 valence electrons. The maximum Gasteiger partial charge on any atom is 0.252 e. The molecule has 11 aromatic rings. The third kappa shape index (κ3) is 5.78. The Morgan fingerprint density at radius 1 is 0.366 bits per heavy atom. The molecule has 71 heavy (non-hydrogen) atoms. The number of nitrogens with zero attached hydrogens (tertiary/aromatic N) is 2. The van der Waals surface area contributed by atoms with Crippen molar-refractivity contribution < 1.29 is 0 Å². The standard InChI is InChI=1S/C68H57BN2/c1-40(2)63-45-21-7-5-19-42(45)37-58-67(63)70(44-35-36-54-49-25-10-9-23-47(49)48-24-12-14-29-53(48)57(54)39-44)61-33-18-34-62-66(61)69(58)59-38-43-20-6-8-22-46(43)64(41(3)4)68(59)71(62)60-32-17-31-56-52-27-13-11-26-50(52)51-28-15-16-30-55(51)65(56)60/h9-18,23-41H,5-8,19-22H2,1-4H3. The van der Waals surface area contributed by atoms with E-state index in [-0.39, 0.29) is 6.71 Å². The molecular weight excluding hydrogens is 856 g/mol. The molecule has 2 aliphatic carbocycles. The van der Waals surface area contributed by atoms with E-state index in [0.29, 0.717) is 11.8 Å². The van der Waals surface area contributed by atoms with Crippen LogP contribution in [-0.2, 0) is 25.7 Å². The molecule has 0 saturated heterocycles. The molecule has 4 aliphatic rings. The summed E-state index contributed by atoms with van der Waals surface area (Å²) in [6, 6.07) is 63.7. The Morgan fingerprint density at radius 3 is 1.28 bits per heavy atom. The Bertz CT molecular complexity index is 4020. The van der Waals surface area contributed by atoms with E-state index < -0.39 is 0 Å². The van der Waals surface area contributed by atoms with Crippen LogP contribution >= 0.6 is 0 Å². The van der Waals surface area contributed by atoms with E-state index in [9.17, 15) is 0 Å². The van der Waals surface area contributed by atoms with Gasteiger partial charge in [0.1, 0.15) is 0 Å². The third-order valence-corrected chi connectivity index (χ3v) is 17.4. The SMILES string of the molecule is CC(C)c1c2c(cc3c1N(c1ccc4c5ccccc5c5ccccc5c4c1)c1cccc4c1B3c1cc3c(c(C(C)C)c1N4c1cccc4c5ccccc5c5ccccc5c14)CCCC3)CCCC2. The van der Waals surface area contributed by atoms with E-state index in [0.717, 1.165) is 25.7 Å². The third-order valence-electron chi connectivity index (χ3n) is 17.4. The highest BCUT2D eigenvalue weighted by atomic mass is 15.2. The highest BCUT2D eigenvalue weighted by Gasteiger charge is 2.47. The molecular formula is C68H57BN2. The van der Waals surface area contributed by atoms with E-state index >= 15 is 0 Å². The Hall–Kier alpha value is -7.36. The van der Waals surface area contributed by atoms with Gasteiger partial charge < -0.3 is 9.80 Å². The molecule has 0 bridgehead atoms. The normalized spacial score (nSPS) is 15.0. The Kier molecular flexibility index (Phi) is 9.09. The summed E-state index contributed by atoms with van der Waals surface area (Å²) >= 11 is 0. The van der Waals surface area contributed by atoms with Crippen molar-refractivity contribution >= 4 is 122 Å². The van der Waals surface area contributed by atoms with Crippen molar-refractivity contribution in [2.75, 3.05) is 9.80 Å². The molecule has 2 nitrogen and oxygen atoms in total. The molecule has 2 aliphatic heterocycles. The first-order valence-electron chi connectivity index (χ1n) is 26.7. The number of rotatable bonds is 4. The number of aryl methyl sites for hydroxylation is 2. The lowest BCUT2D eigenvalue weighted by Crippen LogP contribution is -2.62. The maximum atomic E-state index is 2.78. The maximum absolute atomic E-state index is 2.78. The quantitative estimate of drug-likeness (QED) is 0.128. The van der Waals surface area contributed by atoms with Gasteiger partial charge in [-0.25, -0.2) is 0 Å². The second-order valence-corrected chi connectivity index (χ2v) is 21.9. The molecule has 0 N–H and O–H groups in total. The first-order valence-corrected chi connectivity index (χ1v) is 26.7. The fourth-order valence-corrected chi connectivity index (χ4v) is 14.7. The van der Waals surface area contributed by atoms with Gasteiger partial charge in [-0.1, -0.05) is 161 Å². The number of fused-ring (bicyclic) bond motifs is 18. The smallest absolute Gasteiger partial charge is 0.252 e. The van der Waals surface area contributed by atoms with Crippen molar-refractivity contribution in [1.29, 1.82) is 0 Å². The number of hydrogen-bond donors (Lipinski definition) is 0. The van der Waals surface area contributed by atoms with Gasteiger partial charge in [0, 0.05) is 33.8 Å². The lowest BCUT2D eigenvalue weighted by atomic mass is 9.32. The lowest BCUT2D eigenvalue weighted by Gasteiger charge is -2.47. The summed E-state index contributed by atoms with van der Waals surface area (Å²) < 4.78 is 0. The van der Waals surface area contributed by atoms with Gasteiger partial charge in [0.25, 0.3) is 6.71 Å². The van der Waals surface area contributed by atoms with Crippen LogP contribution in [0.15, 0.2) is 164 Å². The summed E-state index contributed by atoms with van der Waals surface area (Å²) in [6.07, 6.45) is 9.60. The van der Waals surface area contributed by atoms with Crippen molar-refractivity contribution in [1.82, 2.24) is 0 Å². The Morgan fingerprint density at radius 2 is 0.761 bits per heavy atom. The van der Waals surface area contributed by atoms with Crippen molar-refractivity contribution in [3.8, 4) is 0 Å². The lowest BCUT2D eigenvalue weighted by molar-refractivity contribution is 0.671. The van der Waals surface area contributed by atoms with Gasteiger partial charge in [-0.15, -0.1) is 0 Å². The van der Waals surface area contributed by atoms with Gasteiger partial charge in [-0.2, -0.15) is 0 Å². The summed E-state index contributed by atoms with van der Waals surface area (Å²) in [5, 5.41) is 15.8. The molecule has 2 heterocycles. The molecule has 0 unspecified atom stereocenters. The predicted molar refractivity (Wildman–Crippen MR) is 307 cm³/mol. The highest BCUT2D eigenvalue weighted by Crippen LogP contribution is 2.53. The van der Waals surface area contributed by atoms with E-state index in [1.54, 1.807) is 33.4 Å². The van der Waals surface area contributed by atoms with Crippen LogP contribution in [0.2, 0.25) is 0 Å². The summed E-state index contributed by atoms with van der Waals surface area (Å²) in [4.78, 5) is 5.53. The second-order valence-electron chi connectivity index (χ2n) is 21.9. The van der Waals surface area contributed by atoms with Crippen LogP contribution in [0, 0.1) is 0 Å². The Balaban J connectivity index is 1.10. The Labute approximate surface area is 417 Å². The fraction of sp³-hybridized carbons (Fsp3) is 0.206. The van der Waals surface area contributed by atoms with Crippen LogP contribution in [-0.4, -0.2) is 6.71 Å². The number of hydrogen-bond acceptors (Lipinski definition) is 2. The summed E-state index contributed by atoms with van der Waals surface area (Å²) in [5.41, 5.74) is 21.8. The minimum absolute atomic E-state index is 0.0749. The van der Waals surface area contributed by atoms with Crippen molar-refractivity contribution in [3.63, 3.8) is 0 Å². The van der Waals surface area contributed by atoms with Gasteiger partial charge in [-0.3, -0.25) is 0 Å². The average Bonchev–Trinajstić information content (AvgIpc) is 3.42. The number of benzene rings is 11. The van der Waals surface area contributed by atoms with Gasteiger partial charge in [-0.05, 0) is 203 Å². The topological polar surface area (TPSA) is 6.48 Å². The van der Waals surface area contributed by atoms with Crippen molar-refractivity contribution in [2.24, 2.45) is 0 Å². The molecule has 11 aromatic carbocycles. The van der Waals surface area contributed by atoms with E-state index in [4.69, 9.17) is 0 Å². The monoisotopic (exact) mass is 912 g/mol. The average molecular weight is 913 g/mol. The summed E-state index contributed by atoms with van der Waals surface area (Å²) in [7, 11) is 0. The van der Waals surface area contributed by atoms with Crippen LogP contribution < -0.4 is 26.2 Å². The summed E-state index contributed by atoms with van der Waals surface area (Å²) in [5.74, 6) is 0.691. The summed E-state index contributed by atoms with van der Waals surface area (Å²) in [6.45, 7) is 9.94. The van der Waals surface area contributed by atoms with Crippen LogP contribution in [0.1, 0.15) is 98.6 Å². The molecule has 0 saturated carbocycles. The minimum atomic E-state index is 0.0749. The molecule has 0 aromatic heterocycles. The van der Waals surface area contributed by atoms with Crippen molar-refractivity contribution in [2.45, 2.75) is 90.9 Å². The second kappa shape index (κ2) is 15.6. The van der Waals surface area contributed by atoms with Crippen LogP contribution in [0.25, 0.3) is 64.6 Å². The van der Waals surface area contributed by atoms with Gasteiger partial charge in [0.05, 0.1) is 5.69 Å². The van der Waals surface area contributed by atoms with Crippen LogP contribution in [0.3, 0.4) is 0 Å². The van der Waals surface area contributed by atoms with E-state index in [2.05, 4.69) is 201 Å². The largest absolute Gasteiger partial charge is 0.311 e. The van der Waals surface area contributed by atoms with Crippen molar-refractivity contribution in [3.05, 3.63) is 197 Å². The molecule has 0 atom stereocenters. The number of anilines is 6. The van der Waals surface area contributed by atoms with E-state index in [1.165, 1.54) is 141 Å². The fourth-order valence-electron chi connectivity index (χ4n) is 14.7.